The van der Waals surface area contributed by atoms with Crippen LogP contribution in [0.1, 0.15) is 54.1 Å². The molecule has 1 aromatic carbocycles. The Morgan fingerprint density at radius 2 is 2.00 bits per heavy atom. The molecule has 1 fully saturated rings. The maximum atomic E-state index is 12.9. The summed E-state index contributed by atoms with van der Waals surface area (Å²) in [6.07, 6.45) is 2.90. The molecule has 33 heavy (non-hydrogen) atoms. The second-order valence-electron chi connectivity index (χ2n) is 8.32. The van der Waals surface area contributed by atoms with E-state index in [9.17, 15) is 9.59 Å². The molecule has 9 heteroatoms. The smallest absolute Gasteiger partial charge is 0.279 e. The largest absolute Gasteiger partial charge is 0.493 e. The van der Waals surface area contributed by atoms with E-state index >= 15 is 0 Å². The average molecular weight is 454 g/mol. The number of rotatable bonds is 10. The molecule has 2 aromatic heterocycles. The van der Waals surface area contributed by atoms with Crippen LogP contribution < -0.4 is 10.3 Å². The number of H-pyrrole nitrogens is 2. The van der Waals surface area contributed by atoms with Crippen molar-refractivity contribution in [1.82, 2.24) is 25.1 Å². The van der Waals surface area contributed by atoms with Crippen LogP contribution in [0.4, 0.5) is 0 Å². The van der Waals surface area contributed by atoms with Gasteiger partial charge in [0.15, 0.2) is 11.3 Å². The summed E-state index contributed by atoms with van der Waals surface area (Å²) < 4.78 is 11.3. The molecule has 0 amide bonds. The van der Waals surface area contributed by atoms with Gasteiger partial charge in [-0.05, 0) is 31.0 Å². The van der Waals surface area contributed by atoms with Gasteiger partial charge in [0.25, 0.3) is 5.56 Å². The number of aryl methyl sites for hydroxylation is 1. The van der Waals surface area contributed by atoms with Gasteiger partial charge < -0.3 is 14.5 Å². The lowest BCUT2D eigenvalue weighted by molar-refractivity contribution is 0.0371. The van der Waals surface area contributed by atoms with Crippen molar-refractivity contribution in [2.24, 2.45) is 0 Å². The van der Waals surface area contributed by atoms with Crippen molar-refractivity contribution in [2.45, 2.75) is 39.5 Å². The molecule has 9 nitrogen and oxygen atoms in total. The minimum atomic E-state index is -0.274. The average Bonchev–Trinajstić information content (AvgIpc) is 3.22. The zero-order valence-electron chi connectivity index (χ0n) is 19.3. The molecule has 3 heterocycles. The highest BCUT2D eigenvalue weighted by Gasteiger charge is 2.18. The van der Waals surface area contributed by atoms with E-state index in [1.165, 1.54) is 0 Å². The minimum Gasteiger partial charge on any atom is -0.493 e. The number of ketones is 1. The molecule has 0 saturated carbocycles. The van der Waals surface area contributed by atoms with Crippen LogP contribution in [-0.4, -0.2) is 70.3 Å². The summed E-state index contributed by atoms with van der Waals surface area (Å²) in [6.45, 7) is 7.85. The number of aromatic amines is 2. The summed E-state index contributed by atoms with van der Waals surface area (Å²) in [4.78, 5) is 35.2. The molecule has 1 saturated heterocycles. The van der Waals surface area contributed by atoms with Crippen LogP contribution in [0.25, 0.3) is 11.0 Å². The van der Waals surface area contributed by atoms with Crippen LogP contribution >= 0.6 is 0 Å². The number of Topliss-reactive ketones (excluding diaryl/α,β-unsaturated/α-hetero) is 1. The van der Waals surface area contributed by atoms with Crippen molar-refractivity contribution >= 4 is 16.8 Å². The molecule has 0 aliphatic carbocycles. The molecule has 2 N–H and O–H groups in total. The van der Waals surface area contributed by atoms with Crippen LogP contribution in [-0.2, 0) is 17.6 Å². The molecule has 0 bridgehead atoms. The maximum absolute atomic E-state index is 12.9. The first-order valence-corrected chi connectivity index (χ1v) is 11.6. The van der Waals surface area contributed by atoms with Gasteiger partial charge in [0, 0.05) is 30.6 Å². The van der Waals surface area contributed by atoms with Crippen LogP contribution in [0.15, 0.2) is 23.0 Å². The second-order valence-corrected chi connectivity index (χ2v) is 8.32. The van der Waals surface area contributed by atoms with Gasteiger partial charge >= 0.3 is 0 Å². The van der Waals surface area contributed by atoms with Crippen molar-refractivity contribution < 1.29 is 14.3 Å². The third kappa shape index (κ3) is 5.48. The Kier molecular flexibility index (Phi) is 7.51. The lowest BCUT2D eigenvalue weighted by atomic mass is 10.0. The third-order valence-corrected chi connectivity index (χ3v) is 5.71. The highest BCUT2D eigenvalue weighted by molar-refractivity contribution is 5.98. The molecule has 3 aromatic rings. The number of nitrogens with zero attached hydrogens (tertiary/aromatic N) is 3. The van der Waals surface area contributed by atoms with E-state index in [-0.39, 0.29) is 11.3 Å². The predicted molar refractivity (Wildman–Crippen MR) is 125 cm³/mol. The van der Waals surface area contributed by atoms with E-state index in [0.717, 1.165) is 43.6 Å². The summed E-state index contributed by atoms with van der Waals surface area (Å²) in [5.41, 5.74) is 2.95. The fraction of sp³-hybridized carbons (Fsp3) is 0.500. The van der Waals surface area contributed by atoms with E-state index in [0.29, 0.717) is 61.0 Å². The number of hydrogen-bond acceptors (Lipinski definition) is 7. The van der Waals surface area contributed by atoms with Crippen LogP contribution in [0.5, 0.6) is 5.75 Å². The summed E-state index contributed by atoms with van der Waals surface area (Å²) in [5, 5.41) is 7.05. The van der Waals surface area contributed by atoms with Crippen LogP contribution in [0, 0.1) is 0 Å². The summed E-state index contributed by atoms with van der Waals surface area (Å²) in [7, 11) is 0. The molecule has 0 spiro atoms. The zero-order chi connectivity index (χ0) is 23.2. The van der Waals surface area contributed by atoms with Crippen molar-refractivity contribution in [3.8, 4) is 5.75 Å². The standard InChI is InChI=1S/C24H31N5O4/c1-3-5-18-22-23(28-27-18)24(31)26-21(25-22)14-17-13-16(6-7-20(17)33-10-4-2)19(30)15-29-8-11-32-12-9-29/h6-7,13H,3-5,8-12,14-15H2,1-2H3,(H,27,28)(H,25,26,31). The van der Waals surface area contributed by atoms with E-state index in [1.54, 1.807) is 0 Å². The van der Waals surface area contributed by atoms with Gasteiger partial charge in [0.1, 0.15) is 17.1 Å². The number of fused-ring (bicyclic) bond motifs is 1. The quantitative estimate of drug-likeness (QED) is 0.454. The van der Waals surface area contributed by atoms with Gasteiger partial charge in [-0.3, -0.25) is 19.6 Å². The number of morpholine rings is 1. The number of carbonyl (C=O) groups is 1. The van der Waals surface area contributed by atoms with E-state index < -0.39 is 0 Å². The number of carbonyl (C=O) groups excluding carboxylic acids is 1. The SMILES string of the molecule is CCCOc1ccc(C(=O)CN2CCOCC2)cc1Cc1nc2c(CCC)[nH]nc2c(=O)[nH]1. The highest BCUT2D eigenvalue weighted by Crippen LogP contribution is 2.24. The maximum Gasteiger partial charge on any atom is 0.279 e. The van der Waals surface area contributed by atoms with Gasteiger partial charge in [-0.25, -0.2) is 4.98 Å². The number of benzene rings is 1. The lowest BCUT2D eigenvalue weighted by Crippen LogP contribution is -2.39. The second kappa shape index (κ2) is 10.7. The number of aromatic nitrogens is 4. The molecule has 176 valence electrons. The molecule has 0 unspecified atom stereocenters. The van der Waals surface area contributed by atoms with E-state index in [4.69, 9.17) is 9.47 Å². The molecule has 0 radical (unpaired) electrons. The Morgan fingerprint density at radius 3 is 2.76 bits per heavy atom. The van der Waals surface area contributed by atoms with Crippen molar-refractivity contribution in [1.29, 1.82) is 0 Å². The first-order valence-electron chi connectivity index (χ1n) is 11.6. The third-order valence-electron chi connectivity index (χ3n) is 5.71. The predicted octanol–water partition coefficient (Wildman–Crippen LogP) is 2.49. The molecular weight excluding hydrogens is 422 g/mol. The summed E-state index contributed by atoms with van der Waals surface area (Å²) >= 11 is 0. The number of nitrogens with one attached hydrogen (secondary N) is 2. The monoisotopic (exact) mass is 453 g/mol. The topological polar surface area (TPSA) is 113 Å². The first-order chi connectivity index (χ1) is 16.1. The van der Waals surface area contributed by atoms with Crippen molar-refractivity contribution in [3.05, 3.63) is 51.2 Å². The Bertz CT molecular complexity index is 1160. The Morgan fingerprint density at radius 1 is 1.18 bits per heavy atom. The normalized spacial score (nSPS) is 14.6. The summed E-state index contributed by atoms with van der Waals surface area (Å²) in [6, 6.07) is 5.51. The van der Waals surface area contributed by atoms with Gasteiger partial charge in [-0.15, -0.1) is 0 Å². The van der Waals surface area contributed by atoms with Crippen LogP contribution in [0.2, 0.25) is 0 Å². The van der Waals surface area contributed by atoms with E-state index in [2.05, 4.69) is 32.0 Å². The fourth-order valence-electron chi connectivity index (χ4n) is 3.99. The van der Waals surface area contributed by atoms with Crippen molar-refractivity contribution in [2.75, 3.05) is 39.5 Å². The van der Waals surface area contributed by atoms with Gasteiger partial charge in [-0.1, -0.05) is 20.3 Å². The number of hydrogen-bond donors (Lipinski definition) is 2. The van der Waals surface area contributed by atoms with Crippen LogP contribution in [0.3, 0.4) is 0 Å². The molecule has 4 rings (SSSR count). The van der Waals surface area contributed by atoms with Crippen molar-refractivity contribution in [3.63, 3.8) is 0 Å². The molecular formula is C24H31N5O4. The molecule has 1 aliphatic rings. The van der Waals surface area contributed by atoms with Gasteiger partial charge in [-0.2, -0.15) is 5.10 Å². The minimum absolute atomic E-state index is 0.0529. The van der Waals surface area contributed by atoms with Gasteiger partial charge in [0.05, 0.1) is 32.1 Å². The highest BCUT2D eigenvalue weighted by atomic mass is 16.5. The summed E-state index contributed by atoms with van der Waals surface area (Å²) in [5.74, 6) is 1.27. The number of ether oxygens (including phenoxy) is 2. The Labute approximate surface area is 192 Å². The zero-order valence-corrected chi connectivity index (χ0v) is 19.3. The fourth-order valence-corrected chi connectivity index (χ4v) is 3.99. The van der Waals surface area contributed by atoms with Gasteiger partial charge in [0.2, 0.25) is 0 Å². The Hall–Kier alpha value is -3.04. The molecule has 1 aliphatic heterocycles. The lowest BCUT2D eigenvalue weighted by Gasteiger charge is -2.25. The Balaban J connectivity index is 1.63. The van der Waals surface area contributed by atoms with E-state index in [1.807, 2.05) is 25.1 Å². The first kappa shape index (κ1) is 23.1. The molecule has 0 atom stereocenters.